The van der Waals surface area contributed by atoms with Crippen LogP contribution >= 0.6 is 0 Å². The molecule has 0 atom stereocenters. The van der Waals surface area contributed by atoms with Gasteiger partial charge in [0, 0.05) is 59.2 Å². The van der Waals surface area contributed by atoms with Gasteiger partial charge in [-0.1, -0.05) is 13.8 Å². The van der Waals surface area contributed by atoms with Crippen LogP contribution < -0.4 is 9.13 Å². The topological polar surface area (TPSA) is 104 Å². The molecule has 0 aliphatic carbocycles. The first kappa shape index (κ1) is 32.6. The summed E-state index contributed by atoms with van der Waals surface area (Å²) in [5, 5.41) is 0. The normalized spacial score (nSPS) is 13.6. The van der Waals surface area contributed by atoms with Gasteiger partial charge < -0.3 is 24.1 Å². The number of aromatic nitrogens is 11. The smallest absolute Gasteiger partial charge is 0.284 e. The fourth-order valence-corrected chi connectivity index (χ4v) is 6.26. The minimum absolute atomic E-state index is 0.823. The van der Waals surface area contributed by atoms with Crippen LogP contribution in [0.3, 0.4) is 0 Å². The number of nitrogens with one attached hydrogen (secondary N) is 3. The van der Waals surface area contributed by atoms with Crippen molar-refractivity contribution >= 4 is 6.21 Å². The highest BCUT2D eigenvalue weighted by Crippen LogP contribution is 2.09. The number of allylic oxidation sites excluding steroid dienone is 1. The van der Waals surface area contributed by atoms with Gasteiger partial charge in [-0.25, -0.2) is 23.7 Å². The maximum atomic E-state index is 4.02. The summed E-state index contributed by atoms with van der Waals surface area (Å²) in [4.78, 5) is 18.3. The molecular formula is C38H47N12+3. The van der Waals surface area contributed by atoms with E-state index in [9.17, 15) is 0 Å². The van der Waals surface area contributed by atoms with E-state index in [1.54, 1.807) is 12.4 Å². The van der Waals surface area contributed by atoms with Crippen LogP contribution in [0.25, 0.3) is 0 Å². The van der Waals surface area contributed by atoms with Crippen LogP contribution in [0.5, 0.6) is 0 Å². The zero-order valence-corrected chi connectivity index (χ0v) is 28.9. The molecule has 9 heterocycles. The highest BCUT2D eigenvalue weighted by atomic mass is 15.2. The number of nitrogens with zero attached hydrogens (tertiary/aromatic N) is 9. The number of imidazole rings is 4. The summed E-state index contributed by atoms with van der Waals surface area (Å²) in [6.45, 7) is 10.5. The van der Waals surface area contributed by atoms with Gasteiger partial charge in [-0.3, -0.25) is 0 Å². The Bertz CT molecular complexity index is 1980. The van der Waals surface area contributed by atoms with Crippen LogP contribution in [0.1, 0.15) is 48.0 Å². The molecule has 0 aromatic carbocycles. The molecule has 7 aromatic rings. The lowest BCUT2D eigenvalue weighted by molar-refractivity contribution is -0.845. The monoisotopic (exact) mass is 671 g/mol. The first-order chi connectivity index (χ1) is 24.6. The predicted octanol–water partition coefficient (Wildman–Crippen LogP) is 3.93. The van der Waals surface area contributed by atoms with Gasteiger partial charge in [-0.05, 0) is 49.2 Å². The van der Waals surface area contributed by atoms with Crippen LogP contribution in [0.15, 0.2) is 123 Å². The van der Waals surface area contributed by atoms with Crippen molar-refractivity contribution in [3.63, 3.8) is 0 Å². The van der Waals surface area contributed by atoms with Gasteiger partial charge >= 0.3 is 0 Å². The number of aromatic amines is 3. The molecule has 50 heavy (non-hydrogen) atoms. The zero-order valence-electron chi connectivity index (χ0n) is 28.9. The highest BCUT2D eigenvalue weighted by molar-refractivity contribution is 5.69. The van der Waals surface area contributed by atoms with Gasteiger partial charge in [0.25, 0.3) is 6.67 Å². The number of hydrogen-bond donors (Lipinski definition) is 3. The van der Waals surface area contributed by atoms with Crippen LogP contribution in [0.2, 0.25) is 0 Å². The van der Waals surface area contributed by atoms with Crippen LogP contribution in [0.4, 0.5) is 0 Å². The summed E-state index contributed by atoms with van der Waals surface area (Å²) >= 11 is 0. The molecular weight excluding hydrogens is 625 g/mol. The summed E-state index contributed by atoms with van der Waals surface area (Å²) in [5.41, 5.74) is 8.94. The van der Waals surface area contributed by atoms with E-state index in [0.29, 0.717) is 0 Å². The summed E-state index contributed by atoms with van der Waals surface area (Å²) in [5.74, 6) is 0. The van der Waals surface area contributed by atoms with Crippen molar-refractivity contribution in [1.82, 2.24) is 43.2 Å². The summed E-state index contributed by atoms with van der Waals surface area (Å²) in [6.07, 6.45) is 30.7. The van der Waals surface area contributed by atoms with Crippen molar-refractivity contribution < 1.29 is 13.7 Å². The Morgan fingerprint density at radius 1 is 0.640 bits per heavy atom. The number of H-pyrrole nitrogens is 3. The van der Waals surface area contributed by atoms with Gasteiger partial charge in [0.05, 0.1) is 37.1 Å². The van der Waals surface area contributed by atoms with Crippen molar-refractivity contribution in [3.05, 3.63) is 157 Å². The second-order valence-electron chi connectivity index (χ2n) is 12.9. The lowest BCUT2D eigenvalue weighted by Gasteiger charge is -2.01. The lowest BCUT2D eigenvalue weighted by atomic mass is 10.3. The Morgan fingerprint density at radius 3 is 1.76 bits per heavy atom. The quantitative estimate of drug-likeness (QED) is 0.234. The Hall–Kier alpha value is -5.91. The molecule has 2 aliphatic rings. The first-order valence-electron chi connectivity index (χ1n) is 17.3. The Morgan fingerprint density at radius 2 is 1.20 bits per heavy atom. The molecule has 0 spiro atoms. The van der Waals surface area contributed by atoms with Gasteiger partial charge in [-0.15, -0.1) is 0 Å². The average molecular weight is 672 g/mol. The van der Waals surface area contributed by atoms with Gasteiger partial charge in [-0.2, -0.15) is 9.14 Å². The predicted molar refractivity (Wildman–Crippen MR) is 191 cm³/mol. The van der Waals surface area contributed by atoms with E-state index in [2.05, 4.69) is 148 Å². The maximum absolute atomic E-state index is 4.02. The van der Waals surface area contributed by atoms with Crippen molar-refractivity contribution in [3.8, 4) is 0 Å². The molecule has 7 aromatic heterocycles. The Kier molecular flexibility index (Phi) is 10.1. The maximum Gasteiger partial charge on any atom is 0.284 e. The zero-order chi connectivity index (χ0) is 34.1. The van der Waals surface area contributed by atoms with Crippen LogP contribution in [-0.4, -0.2) is 60.5 Å². The number of rotatable bonds is 6. The molecule has 0 saturated carbocycles. The Labute approximate surface area is 292 Å². The molecule has 0 radical (unpaired) electrons. The van der Waals surface area contributed by atoms with Crippen LogP contribution in [0, 0.1) is 0 Å². The second kappa shape index (κ2) is 15.5. The van der Waals surface area contributed by atoms with Crippen LogP contribution in [-0.2, 0) is 52.2 Å². The molecule has 9 rings (SSSR count). The van der Waals surface area contributed by atoms with E-state index >= 15 is 0 Å². The van der Waals surface area contributed by atoms with E-state index in [0.717, 1.165) is 58.8 Å². The molecule has 8 bridgehead atoms. The fourth-order valence-electron chi connectivity index (χ4n) is 6.26. The third-order valence-electron chi connectivity index (χ3n) is 8.86. The number of hydrogen-bond acceptors (Lipinski definition) is 2. The van der Waals surface area contributed by atoms with Crippen molar-refractivity contribution in [1.29, 1.82) is 0 Å². The summed E-state index contributed by atoms with van der Waals surface area (Å²) < 4.78 is 15.3. The molecule has 3 N–H and O–H groups in total. The minimum Gasteiger partial charge on any atom is -0.362 e. The molecule has 12 heteroatoms. The van der Waals surface area contributed by atoms with E-state index in [4.69, 9.17) is 0 Å². The van der Waals surface area contributed by atoms with Crippen molar-refractivity contribution in [2.45, 2.75) is 66.1 Å². The molecule has 0 amide bonds. The summed E-state index contributed by atoms with van der Waals surface area (Å²) in [7, 11) is 0. The average Bonchev–Trinajstić information content (AvgIpc) is 3.96. The Balaban J connectivity index is 0.000000131. The lowest BCUT2D eigenvalue weighted by Crippen LogP contribution is -2.39. The second-order valence-corrected chi connectivity index (χ2v) is 12.9. The standard InChI is InChI=1S/C18H21N6.C12H13N5.C8H13N/c1-2-18-12-23-7-8-24(15-23)14-20-4-3-16(9-20)10-21-5-6-22(13-21)11-17(1)19-18;1-2-12(8-17-6-4-14-10-17)15-11(1)7-16-5-3-13-9-16;1-3-7-5-6-8(4-2)9-7/h1-8,13,15,19H,9-12,14H2;1-6,9-10,15H,7-8H2;5-6,9H,3-4H2,1-2H3/q+3;;. The SMILES string of the molecule is C1=C2C[N+](=C1)C[n+]1ccn(c1)Cc1ccc([nH]1)Cn1cc[n+](c1)C2.CCc1ccc(CC)[nH]1.c1cn(Cc2ccc(Cn3ccnc3)[nH]2)cn1. The molecule has 12 nitrogen and oxygen atoms in total. The fraction of sp³-hybridized carbons (Fsp3) is 0.289. The molecule has 2 aliphatic heterocycles. The van der Waals surface area contributed by atoms with Crippen molar-refractivity contribution in [2.24, 2.45) is 0 Å². The largest absolute Gasteiger partial charge is 0.362 e. The van der Waals surface area contributed by atoms with Gasteiger partial charge in [0.1, 0.15) is 44.4 Å². The molecule has 0 unspecified atom stereocenters. The van der Waals surface area contributed by atoms with E-state index in [-0.39, 0.29) is 0 Å². The van der Waals surface area contributed by atoms with Crippen molar-refractivity contribution in [2.75, 3.05) is 6.54 Å². The van der Waals surface area contributed by atoms with E-state index < -0.39 is 0 Å². The number of fused-ring (bicyclic) bond motifs is 8. The van der Waals surface area contributed by atoms with Gasteiger partial charge in [0.15, 0.2) is 12.8 Å². The number of aryl methyl sites for hydroxylation is 2. The first-order valence-corrected chi connectivity index (χ1v) is 17.3. The van der Waals surface area contributed by atoms with E-state index in [1.807, 2.05) is 34.2 Å². The molecule has 0 saturated heterocycles. The molecule has 0 fully saturated rings. The van der Waals surface area contributed by atoms with Gasteiger partial charge in [0.2, 0.25) is 12.7 Å². The van der Waals surface area contributed by atoms with E-state index in [1.165, 1.54) is 39.7 Å². The summed E-state index contributed by atoms with van der Waals surface area (Å²) in [6, 6.07) is 12.9. The molecule has 256 valence electrons. The third kappa shape index (κ3) is 8.76. The highest BCUT2D eigenvalue weighted by Gasteiger charge is 2.20. The minimum atomic E-state index is 0.823. The third-order valence-corrected chi connectivity index (χ3v) is 8.86.